The molecule has 2 amide bonds. The zero-order chi connectivity index (χ0) is 20.9. The summed E-state index contributed by atoms with van der Waals surface area (Å²) in [6.07, 6.45) is 5.24. The van der Waals surface area contributed by atoms with Crippen LogP contribution in [0.15, 0.2) is 65.9 Å². The molecule has 1 fully saturated rings. The number of hydrogen-bond acceptors (Lipinski definition) is 4. The first kappa shape index (κ1) is 19.6. The molecule has 152 valence electrons. The van der Waals surface area contributed by atoms with E-state index in [4.69, 9.17) is 5.10 Å². The third-order valence-corrected chi connectivity index (χ3v) is 4.79. The van der Waals surface area contributed by atoms with Crippen LogP contribution in [0.2, 0.25) is 0 Å². The number of carbonyl (C=O) groups excluding carboxylic acids is 2. The Kier molecular flexibility index (Phi) is 5.70. The SMILES string of the molecule is Cc1ccc(-c2nn(Cc3ccccc3)cc2/C=N\NC(=O)C(=O)NC2CC2)cc1. The molecule has 0 aliphatic heterocycles. The van der Waals surface area contributed by atoms with Gasteiger partial charge in [-0.05, 0) is 25.3 Å². The van der Waals surface area contributed by atoms with Crippen LogP contribution in [0.4, 0.5) is 0 Å². The lowest BCUT2D eigenvalue weighted by atomic mass is 10.1. The van der Waals surface area contributed by atoms with Crippen molar-refractivity contribution in [1.82, 2.24) is 20.5 Å². The van der Waals surface area contributed by atoms with Gasteiger partial charge in [-0.3, -0.25) is 14.3 Å². The molecular formula is C23H23N5O2. The summed E-state index contributed by atoms with van der Waals surface area (Å²) in [4.78, 5) is 23.6. The number of aryl methyl sites for hydroxylation is 1. The van der Waals surface area contributed by atoms with Crippen LogP contribution in [-0.2, 0) is 16.1 Å². The van der Waals surface area contributed by atoms with Gasteiger partial charge < -0.3 is 5.32 Å². The minimum absolute atomic E-state index is 0.122. The summed E-state index contributed by atoms with van der Waals surface area (Å²) in [5.41, 5.74) is 7.03. The average Bonchev–Trinajstić information content (AvgIpc) is 3.48. The number of amides is 2. The van der Waals surface area contributed by atoms with Gasteiger partial charge in [0.15, 0.2) is 0 Å². The van der Waals surface area contributed by atoms with Crippen LogP contribution in [0.5, 0.6) is 0 Å². The van der Waals surface area contributed by atoms with E-state index in [1.807, 2.05) is 72.4 Å². The van der Waals surface area contributed by atoms with Gasteiger partial charge in [0.05, 0.1) is 12.8 Å². The quantitative estimate of drug-likeness (QED) is 0.378. The highest BCUT2D eigenvalue weighted by Crippen LogP contribution is 2.22. The summed E-state index contributed by atoms with van der Waals surface area (Å²) in [6, 6.07) is 18.2. The van der Waals surface area contributed by atoms with Crippen molar-refractivity contribution in [1.29, 1.82) is 0 Å². The van der Waals surface area contributed by atoms with E-state index in [0.717, 1.165) is 40.8 Å². The number of nitrogens with one attached hydrogen (secondary N) is 2. The van der Waals surface area contributed by atoms with Crippen LogP contribution in [0.3, 0.4) is 0 Å². The van der Waals surface area contributed by atoms with E-state index in [1.165, 1.54) is 6.21 Å². The maximum atomic E-state index is 11.9. The Bertz CT molecular complexity index is 1070. The zero-order valence-corrected chi connectivity index (χ0v) is 16.7. The normalized spacial score (nSPS) is 13.4. The lowest BCUT2D eigenvalue weighted by Crippen LogP contribution is -2.38. The lowest BCUT2D eigenvalue weighted by Gasteiger charge is -2.02. The highest BCUT2D eigenvalue weighted by molar-refractivity contribution is 6.35. The van der Waals surface area contributed by atoms with Crippen LogP contribution >= 0.6 is 0 Å². The summed E-state index contributed by atoms with van der Waals surface area (Å²) in [5, 5.41) is 11.3. The maximum Gasteiger partial charge on any atom is 0.329 e. The van der Waals surface area contributed by atoms with Crippen molar-refractivity contribution in [2.24, 2.45) is 5.10 Å². The van der Waals surface area contributed by atoms with Gasteiger partial charge in [0.2, 0.25) is 0 Å². The number of nitrogens with zero attached hydrogens (tertiary/aromatic N) is 3. The van der Waals surface area contributed by atoms with Crippen molar-refractivity contribution in [2.75, 3.05) is 0 Å². The average molecular weight is 401 g/mol. The molecule has 1 saturated carbocycles. The molecular weight excluding hydrogens is 378 g/mol. The smallest absolute Gasteiger partial charge is 0.329 e. The Morgan fingerprint density at radius 1 is 1.10 bits per heavy atom. The van der Waals surface area contributed by atoms with Crippen molar-refractivity contribution < 1.29 is 9.59 Å². The van der Waals surface area contributed by atoms with Crippen LogP contribution in [0.1, 0.15) is 29.5 Å². The van der Waals surface area contributed by atoms with Crippen LogP contribution < -0.4 is 10.7 Å². The molecule has 0 atom stereocenters. The Balaban J connectivity index is 1.54. The van der Waals surface area contributed by atoms with Crippen molar-refractivity contribution in [3.05, 3.63) is 77.5 Å². The molecule has 0 spiro atoms. The summed E-state index contributed by atoms with van der Waals surface area (Å²) in [5.74, 6) is -1.43. The summed E-state index contributed by atoms with van der Waals surface area (Å²) in [6.45, 7) is 2.64. The van der Waals surface area contributed by atoms with E-state index in [-0.39, 0.29) is 6.04 Å². The third kappa shape index (κ3) is 5.00. The fourth-order valence-corrected chi connectivity index (χ4v) is 3.01. The first-order valence-electron chi connectivity index (χ1n) is 9.91. The van der Waals surface area contributed by atoms with Crippen LogP contribution in [0.25, 0.3) is 11.3 Å². The van der Waals surface area contributed by atoms with Gasteiger partial charge in [-0.25, -0.2) is 5.43 Å². The van der Waals surface area contributed by atoms with E-state index in [0.29, 0.717) is 6.54 Å². The highest BCUT2D eigenvalue weighted by Gasteiger charge is 2.26. The molecule has 1 aliphatic rings. The fraction of sp³-hybridized carbons (Fsp3) is 0.217. The first-order valence-corrected chi connectivity index (χ1v) is 9.91. The molecule has 2 aromatic carbocycles. The highest BCUT2D eigenvalue weighted by atomic mass is 16.2. The van der Waals surface area contributed by atoms with Crippen LogP contribution in [-0.4, -0.2) is 33.9 Å². The van der Waals surface area contributed by atoms with E-state index < -0.39 is 11.8 Å². The summed E-state index contributed by atoms with van der Waals surface area (Å²) >= 11 is 0. The Morgan fingerprint density at radius 2 is 1.83 bits per heavy atom. The molecule has 7 nitrogen and oxygen atoms in total. The molecule has 7 heteroatoms. The Labute approximate surface area is 174 Å². The number of benzene rings is 2. The molecule has 1 aliphatic carbocycles. The van der Waals surface area contributed by atoms with Gasteiger partial charge in [0, 0.05) is 23.4 Å². The molecule has 2 N–H and O–H groups in total. The van der Waals surface area contributed by atoms with Gasteiger partial charge in [0.1, 0.15) is 5.69 Å². The molecule has 0 saturated heterocycles. The second-order valence-corrected chi connectivity index (χ2v) is 7.43. The second kappa shape index (κ2) is 8.73. The van der Waals surface area contributed by atoms with E-state index >= 15 is 0 Å². The Morgan fingerprint density at radius 3 is 2.53 bits per heavy atom. The summed E-state index contributed by atoms with van der Waals surface area (Å²) < 4.78 is 1.84. The zero-order valence-electron chi connectivity index (χ0n) is 16.7. The number of hydrazone groups is 1. The molecule has 0 radical (unpaired) electrons. The largest absolute Gasteiger partial charge is 0.345 e. The van der Waals surface area contributed by atoms with Gasteiger partial charge >= 0.3 is 11.8 Å². The minimum atomic E-state index is -0.772. The van der Waals surface area contributed by atoms with Crippen molar-refractivity contribution in [3.8, 4) is 11.3 Å². The molecule has 30 heavy (non-hydrogen) atoms. The predicted molar refractivity (Wildman–Crippen MR) is 115 cm³/mol. The van der Waals surface area contributed by atoms with Crippen LogP contribution in [0, 0.1) is 6.92 Å². The molecule has 1 aromatic heterocycles. The molecule has 1 heterocycles. The third-order valence-electron chi connectivity index (χ3n) is 4.79. The van der Waals surface area contributed by atoms with Gasteiger partial charge in [-0.15, -0.1) is 0 Å². The van der Waals surface area contributed by atoms with E-state index in [1.54, 1.807) is 0 Å². The van der Waals surface area contributed by atoms with Gasteiger partial charge in [-0.2, -0.15) is 10.2 Å². The first-order chi connectivity index (χ1) is 14.6. The van der Waals surface area contributed by atoms with E-state index in [2.05, 4.69) is 15.8 Å². The number of hydrogen-bond donors (Lipinski definition) is 2. The number of aromatic nitrogens is 2. The maximum absolute atomic E-state index is 11.9. The van der Waals surface area contributed by atoms with Crippen molar-refractivity contribution >= 4 is 18.0 Å². The minimum Gasteiger partial charge on any atom is -0.345 e. The molecule has 0 bridgehead atoms. The van der Waals surface area contributed by atoms with Crippen molar-refractivity contribution in [2.45, 2.75) is 32.4 Å². The topological polar surface area (TPSA) is 88.4 Å². The molecule has 0 unspecified atom stereocenters. The van der Waals surface area contributed by atoms with E-state index in [9.17, 15) is 9.59 Å². The summed E-state index contributed by atoms with van der Waals surface area (Å²) in [7, 11) is 0. The fourth-order valence-electron chi connectivity index (χ4n) is 3.01. The Hall–Kier alpha value is -3.74. The lowest BCUT2D eigenvalue weighted by molar-refractivity contribution is -0.139. The number of carbonyl (C=O) groups is 2. The van der Waals surface area contributed by atoms with Gasteiger partial charge in [-0.1, -0.05) is 60.2 Å². The van der Waals surface area contributed by atoms with Crippen molar-refractivity contribution in [3.63, 3.8) is 0 Å². The monoisotopic (exact) mass is 401 g/mol. The second-order valence-electron chi connectivity index (χ2n) is 7.43. The molecule has 4 rings (SSSR count). The predicted octanol–water partition coefficient (Wildman–Crippen LogP) is 2.64. The van der Waals surface area contributed by atoms with Gasteiger partial charge in [0.25, 0.3) is 0 Å². The molecule has 3 aromatic rings. The number of rotatable bonds is 6. The standard InChI is InChI=1S/C23H23N5O2/c1-16-7-9-18(10-8-16)21-19(13-24-26-23(30)22(29)25-20-11-12-20)15-28(27-21)14-17-5-3-2-4-6-17/h2-10,13,15,20H,11-12,14H2,1H3,(H,25,29)(H,26,30)/b24-13-.